The molecule has 0 aliphatic heterocycles. The highest BCUT2D eigenvalue weighted by Gasteiger charge is 2.29. The first-order valence-corrected chi connectivity index (χ1v) is 5.76. The van der Waals surface area contributed by atoms with E-state index in [0.29, 0.717) is 11.3 Å². The van der Waals surface area contributed by atoms with Crippen molar-refractivity contribution >= 4 is 28.8 Å². The van der Waals surface area contributed by atoms with E-state index in [2.05, 4.69) is 0 Å². The SMILES string of the molecule is O=C1c2ccccc2-c2cccc(OI)c21. The predicted octanol–water partition coefficient (Wildman–Crippen LogP) is 3.63. The molecule has 0 N–H and O–H groups in total. The Bertz CT molecular complexity index is 590. The molecule has 0 amide bonds. The van der Waals surface area contributed by atoms with Crippen molar-refractivity contribution in [2.45, 2.75) is 0 Å². The number of ketones is 1. The van der Waals surface area contributed by atoms with Crippen molar-refractivity contribution < 1.29 is 7.86 Å². The molecule has 78 valence electrons. The van der Waals surface area contributed by atoms with Gasteiger partial charge in [-0.25, -0.2) is 0 Å². The summed E-state index contributed by atoms with van der Waals surface area (Å²) in [7, 11) is 0. The van der Waals surface area contributed by atoms with Crippen LogP contribution in [0.5, 0.6) is 5.75 Å². The van der Waals surface area contributed by atoms with Crippen LogP contribution in [0, 0.1) is 0 Å². The van der Waals surface area contributed by atoms with Crippen LogP contribution in [0.2, 0.25) is 0 Å². The summed E-state index contributed by atoms with van der Waals surface area (Å²) in [4.78, 5) is 12.2. The van der Waals surface area contributed by atoms with Crippen LogP contribution in [-0.2, 0) is 0 Å². The van der Waals surface area contributed by atoms with Crippen LogP contribution >= 0.6 is 23.0 Å². The Hall–Kier alpha value is -1.36. The second kappa shape index (κ2) is 3.59. The summed E-state index contributed by atoms with van der Waals surface area (Å²) in [6.07, 6.45) is 0. The summed E-state index contributed by atoms with van der Waals surface area (Å²) in [6.45, 7) is 0. The molecular formula is C13H7IO2. The van der Waals surface area contributed by atoms with E-state index >= 15 is 0 Å². The highest BCUT2D eigenvalue weighted by Crippen LogP contribution is 2.41. The zero-order valence-electron chi connectivity index (χ0n) is 8.24. The molecule has 0 saturated carbocycles. The molecule has 1 aliphatic carbocycles. The van der Waals surface area contributed by atoms with Crippen molar-refractivity contribution in [2.24, 2.45) is 0 Å². The smallest absolute Gasteiger partial charge is 0.198 e. The summed E-state index contributed by atoms with van der Waals surface area (Å²) < 4.78 is 5.21. The van der Waals surface area contributed by atoms with E-state index in [4.69, 9.17) is 3.07 Å². The molecule has 0 fully saturated rings. The highest BCUT2D eigenvalue weighted by molar-refractivity contribution is 14.1. The van der Waals surface area contributed by atoms with Gasteiger partial charge in [-0.1, -0.05) is 36.4 Å². The predicted molar refractivity (Wildman–Crippen MR) is 70.0 cm³/mol. The van der Waals surface area contributed by atoms with Crippen LogP contribution in [0.3, 0.4) is 0 Å². The lowest BCUT2D eigenvalue weighted by Gasteiger charge is -2.03. The van der Waals surface area contributed by atoms with Crippen molar-refractivity contribution in [3.63, 3.8) is 0 Å². The molecule has 0 atom stereocenters. The summed E-state index contributed by atoms with van der Waals surface area (Å²) in [6, 6.07) is 13.3. The van der Waals surface area contributed by atoms with Gasteiger partial charge < -0.3 is 3.07 Å². The van der Waals surface area contributed by atoms with E-state index in [1.54, 1.807) is 23.0 Å². The third kappa shape index (κ3) is 1.21. The minimum Gasteiger partial charge on any atom is -0.427 e. The maximum Gasteiger partial charge on any atom is 0.198 e. The molecule has 0 radical (unpaired) electrons. The molecule has 0 aromatic heterocycles. The molecular weight excluding hydrogens is 315 g/mol. The van der Waals surface area contributed by atoms with Crippen LogP contribution in [0.15, 0.2) is 42.5 Å². The number of rotatable bonds is 1. The van der Waals surface area contributed by atoms with Crippen LogP contribution in [0.1, 0.15) is 15.9 Å². The zero-order chi connectivity index (χ0) is 11.1. The van der Waals surface area contributed by atoms with Gasteiger partial charge in [-0.2, -0.15) is 0 Å². The maximum absolute atomic E-state index is 12.2. The van der Waals surface area contributed by atoms with Crippen LogP contribution in [-0.4, -0.2) is 5.78 Å². The molecule has 3 heteroatoms. The molecule has 0 heterocycles. The highest BCUT2D eigenvalue weighted by atomic mass is 127. The molecule has 0 saturated heterocycles. The fourth-order valence-corrected chi connectivity index (χ4v) is 2.47. The van der Waals surface area contributed by atoms with Gasteiger partial charge in [0.15, 0.2) is 28.8 Å². The monoisotopic (exact) mass is 322 g/mol. The summed E-state index contributed by atoms with van der Waals surface area (Å²) in [5.41, 5.74) is 3.41. The second-order valence-electron chi connectivity index (χ2n) is 3.63. The zero-order valence-corrected chi connectivity index (χ0v) is 10.4. The first-order valence-electron chi connectivity index (χ1n) is 4.88. The minimum absolute atomic E-state index is 0.0536. The Morgan fingerprint density at radius 1 is 0.875 bits per heavy atom. The van der Waals surface area contributed by atoms with Gasteiger partial charge in [0, 0.05) is 5.56 Å². The van der Waals surface area contributed by atoms with Gasteiger partial charge in [-0.05, 0) is 17.2 Å². The number of fused-ring (bicyclic) bond motifs is 3. The van der Waals surface area contributed by atoms with Gasteiger partial charge in [0.1, 0.15) is 5.75 Å². The van der Waals surface area contributed by atoms with E-state index < -0.39 is 0 Å². The molecule has 2 aromatic rings. The van der Waals surface area contributed by atoms with Gasteiger partial charge in [-0.15, -0.1) is 0 Å². The number of hydrogen-bond acceptors (Lipinski definition) is 2. The number of halogens is 1. The minimum atomic E-state index is 0.0536. The van der Waals surface area contributed by atoms with E-state index in [-0.39, 0.29) is 5.78 Å². The average Bonchev–Trinajstić information content (AvgIpc) is 2.64. The molecule has 1 aliphatic rings. The second-order valence-corrected chi connectivity index (χ2v) is 4.07. The molecule has 2 nitrogen and oxygen atoms in total. The Balaban J connectivity index is 2.37. The quantitative estimate of drug-likeness (QED) is 0.640. The maximum atomic E-state index is 12.2. The van der Waals surface area contributed by atoms with Gasteiger partial charge >= 0.3 is 0 Å². The Labute approximate surface area is 107 Å². The topological polar surface area (TPSA) is 26.3 Å². The molecule has 2 aromatic carbocycles. The fraction of sp³-hybridized carbons (Fsp3) is 0. The molecule has 3 rings (SSSR count). The first-order chi connectivity index (χ1) is 7.83. The lowest BCUT2D eigenvalue weighted by atomic mass is 10.1. The van der Waals surface area contributed by atoms with Crippen molar-refractivity contribution in [1.82, 2.24) is 0 Å². The summed E-state index contributed by atoms with van der Waals surface area (Å²) in [5, 5.41) is 0. The number of benzene rings is 2. The Kier molecular flexibility index (Phi) is 2.21. The van der Waals surface area contributed by atoms with E-state index in [0.717, 1.165) is 16.7 Å². The molecule has 0 unspecified atom stereocenters. The number of carbonyl (C=O) groups is 1. The third-order valence-corrected chi connectivity index (χ3v) is 3.27. The van der Waals surface area contributed by atoms with Crippen LogP contribution in [0.4, 0.5) is 0 Å². The van der Waals surface area contributed by atoms with Gasteiger partial charge in [0.25, 0.3) is 0 Å². The van der Waals surface area contributed by atoms with Gasteiger partial charge in [0.05, 0.1) is 5.56 Å². The number of hydrogen-bond donors (Lipinski definition) is 0. The van der Waals surface area contributed by atoms with Crippen LogP contribution < -0.4 is 3.07 Å². The molecule has 0 bridgehead atoms. The molecule has 16 heavy (non-hydrogen) atoms. The Morgan fingerprint density at radius 3 is 2.31 bits per heavy atom. The third-order valence-electron chi connectivity index (χ3n) is 2.80. The number of carbonyl (C=O) groups excluding carboxylic acids is 1. The molecule has 0 spiro atoms. The van der Waals surface area contributed by atoms with Crippen molar-refractivity contribution in [3.05, 3.63) is 53.6 Å². The van der Waals surface area contributed by atoms with E-state index in [9.17, 15) is 4.79 Å². The first kappa shape index (κ1) is 9.84. The van der Waals surface area contributed by atoms with Crippen molar-refractivity contribution in [3.8, 4) is 16.9 Å². The van der Waals surface area contributed by atoms with Crippen molar-refractivity contribution in [2.75, 3.05) is 0 Å². The average molecular weight is 322 g/mol. The summed E-state index contributed by atoms with van der Waals surface area (Å²) in [5.74, 6) is 0.692. The largest absolute Gasteiger partial charge is 0.427 e. The van der Waals surface area contributed by atoms with Gasteiger partial charge in [-0.3, -0.25) is 4.79 Å². The van der Waals surface area contributed by atoms with Crippen LogP contribution in [0.25, 0.3) is 11.1 Å². The normalized spacial score (nSPS) is 12.2. The lowest BCUT2D eigenvalue weighted by Crippen LogP contribution is -1.96. The van der Waals surface area contributed by atoms with Crippen molar-refractivity contribution in [1.29, 1.82) is 0 Å². The van der Waals surface area contributed by atoms with Gasteiger partial charge in [0.2, 0.25) is 0 Å². The fourth-order valence-electron chi connectivity index (χ4n) is 2.10. The Morgan fingerprint density at radius 2 is 1.56 bits per heavy atom. The lowest BCUT2D eigenvalue weighted by molar-refractivity contribution is 0.104. The van der Waals surface area contributed by atoms with E-state index in [1.807, 2.05) is 42.5 Å². The standard InChI is InChI=1S/C13H7IO2/c14-16-11-7-3-6-9-8-4-1-2-5-10(8)13(15)12(9)11/h1-7H. The van der Waals surface area contributed by atoms with E-state index in [1.165, 1.54) is 0 Å². The summed E-state index contributed by atoms with van der Waals surface area (Å²) >= 11 is 1.80.